The van der Waals surface area contributed by atoms with Gasteiger partial charge in [-0.05, 0) is 50.1 Å². The zero-order valence-electron chi connectivity index (χ0n) is 13.5. The molecule has 0 spiro atoms. The number of Topliss-reactive ketones (excluding diaryl/α,β-unsaturated/α-hetero) is 1. The summed E-state index contributed by atoms with van der Waals surface area (Å²) < 4.78 is 12.9. The van der Waals surface area contributed by atoms with Crippen molar-refractivity contribution in [3.05, 3.63) is 35.6 Å². The Hall–Kier alpha value is -1.75. The Morgan fingerprint density at radius 2 is 1.96 bits per heavy atom. The van der Waals surface area contributed by atoms with Gasteiger partial charge in [0.25, 0.3) is 0 Å². The first kappa shape index (κ1) is 16.1. The van der Waals surface area contributed by atoms with Gasteiger partial charge in [-0.1, -0.05) is 0 Å². The van der Waals surface area contributed by atoms with Crippen LogP contribution >= 0.6 is 0 Å². The number of hydrogen-bond acceptors (Lipinski definition) is 3. The van der Waals surface area contributed by atoms with E-state index >= 15 is 0 Å². The number of hydrogen-bond donors (Lipinski definition) is 0. The molecule has 124 valence electrons. The third kappa shape index (κ3) is 3.61. The fourth-order valence-electron chi connectivity index (χ4n) is 3.67. The summed E-state index contributed by atoms with van der Waals surface area (Å²) in [4.78, 5) is 28.5. The summed E-state index contributed by atoms with van der Waals surface area (Å²) in [5.41, 5.74) is 0.567. The third-order valence-electron chi connectivity index (χ3n) is 5.08. The van der Waals surface area contributed by atoms with Crippen molar-refractivity contribution in [3.8, 4) is 0 Å². The van der Waals surface area contributed by atoms with Crippen molar-refractivity contribution in [2.45, 2.75) is 31.7 Å². The van der Waals surface area contributed by atoms with E-state index in [4.69, 9.17) is 0 Å². The van der Waals surface area contributed by atoms with Gasteiger partial charge >= 0.3 is 0 Å². The average Bonchev–Trinajstić information content (AvgIpc) is 2.81. The number of amides is 1. The van der Waals surface area contributed by atoms with E-state index in [-0.39, 0.29) is 23.4 Å². The van der Waals surface area contributed by atoms with Crippen molar-refractivity contribution in [2.75, 3.05) is 26.7 Å². The Balaban J connectivity index is 1.50. The van der Waals surface area contributed by atoms with Crippen LogP contribution in [0.3, 0.4) is 0 Å². The molecule has 3 fully saturated rings. The van der Waals surface area contributed by atoms with Gasteiger partial charge in [0.1, 0.15) is 5.82 Å². The first-order valence-electron chi connectivity index (χ1n) is 8.32. The SMILES string of the molecule is CN1C(=O)[C@@H]2CC[C@H]1CN(CCCC(=O)c1ccc(F)cc1)C2. The fraction of sp³-hybridized carbons (Fsp3) is 0.556. The molecule has 1 amide bonds. The lowest BCUT2D eigenvalue weighted by atomic mass is 9.95. The molecule has 4 rings (SSSR count). The second kappa shape index (κ2) is 6.79. The highest BCUT2D eigenvalue weighted by Gasteiger charge is 2.38. The number of piperidine rings is 1. The number of carbonyl (C=O) groups is 2. The number of halogens is 1. The van der Waals surface area contributed by atoms with E-state index in [0.717, 1.165) is 38.9 Å². The van der Waals surface area contributed by atoms with Crippen LogP contribution in [0.25, 0.3) is 0 Å². The molecule has 2 atom stereocenters. The summed E-state index contributed by atoms with van der Waals surface area (Å²) in [6.07, 6.45) is 3.30. The van der Waals surface area contributed by atoms with E-state index in [2.05, 4.69) is 4.90 Å². The Kier molecular flexibility index (Phi) is 4.76. The minimum Gasteiger partial charge on any atom is -0.341 e. The zero-order chi connectivity index (χ0) is 16.4. The first-order valence-corrected chi connectivity index (χ1v) is 8.32. The zero-order valence-corrected chi connectivity index (χ0v) is 13.5. The maximum Gasteiger partial charge on any atom is 0.227 e. The van der Waals surface area contributed by atoms with Gasteiger partial charge in [0.15, 0.2) is 5.78 Å². The van der Waals surface area contributed by atoms with Crippen LogP contribution in [-0.4, -0.2) is 54.2 Å². The number of fused-ring (bicyclic) bond motifs is 4. The molecule has 0 saturated carbocycles. The Morgan fingerprint density at radius 3 is 2.70 bits per heavy atom. The Morgan fingerprint density at radius 1 is 1.22 bits per heavy atom. The number of benzene rings is 1. The van der Waals surface area contributed by atoms with Crippen molar-refractivity contribution in [3.63, 3.8) is 0 Å². The fourth-order valence-corrected chi connectivity index (χ4v) is 3.67. The van der Waals surface area contributed by atoms with E-state index in [1.165, 1.54) is 24.3 Å². The van der Waals surface area contributed by atoms with Gasteiger partial charge in [-0.3, -0.25) is 9.59 Å². The molecular weight excluding hydrogens is 295 g/mol. The highest BCUT2D eigenvalue weighted by Crippen LogP contribution is 2.28. The summed E-state index contributed by atoms with van der Waals surface area (Å²) in [5, 5.41) is 0. The van der Waals surface area contributed by atoms with Crippen molar-refractivity contribution in [1.29, 1.82) is 0 Å². The highest BCUT2D eigenvalue weighted by atomic mass is 19.1. The number of likely N-dealkylation sites (N-methyl/N-ethyl adjacent to an activating group) is 1. The second-order valence-electron chi connectivity index (χ2n) is 6.67. The molecule has 3 saturated heterocycles. The molecule has 0 aliphatic carbocycles. The first-order chi connectivity index (χ1) is 11.0. The Labute approximate surface area is 136 Å². The predicted molar refractivity (Wildman–Crippen MR) is 85.7 cm³/mol. The molecule has 0 N–H and O–H groups in total. The van der Waals surface area contributed by atoms with E-state index in [1.54, 1.807) is 0 Å². The van der Waals surface area contributed by atoms with Gasteiger partial charge in [-0.2, -0.15) is 0 Å². The van der Waals surface area contributed by atoms with Crippen molar-refractivity contribution in [1.82, 2.24) is 9.80 Å². The van der Waals surface area contributed by atoms with E-state index in [1.807, 2.05) is 11.9 Å². The van der Waals surface area contributed by atoms with Crippen LogP contribution < -0.4 is 0 Å². The van der Waals surface area contributed by atoms with Gasteiger partial charge < -0.3 is 9.80 Å². The molecule has 3 heterocycles. The normalized spacial score (nSPS) is 24.8. The molecule has 0 unspecified atom stereocenters. The smallest absolute Gasteiger partial charge is 0.227 e. The van der Waals surface area contributed by atoms with Crippen LogP contribution in [0, 0.1) is 11.7 Å². The lowest BCUT2D eigenvalue weighted by molar-refractivity contribution is -0.138. The number of nitrogens with zero attached hydrogens (tertiary/aromatic N) is 2. The van der Waals surface area contributed by atoms with Crippen molar-refractivity contribution >= 4 is 11.7 Å². The molecule has 3 aliphatic rings. The molecule has 5 heteroatoms. The predicted octanol–water partition coefficient (Wildman–Crippen LogP) is 2.34. The molecule has 2 bridgehead atoms. The van der Waals surface area contributed by atoms with Crippen molar-refractivity contribution < 1.29 is 14.0 Å². The lowest BCUT2D eigenvalue weighted by Gasteiger charge is -2.32. The van der Waals surface area contributed by atoms with Crippen LogP contribution in [0.4, 0.5) is 4.39 Å². The third-order valence-corrected chi connectivity index (χ3v) is 5.08. The summed E-state index contributed by atoms with van der Waals surface area (Å²) in [5.74, 6) is 0.115. The number of ketones is 1. The van der Waals surface area contributed by atoms with Crippen LogP contribution in [0.5, 0.6) is 0 Å². The van der Waals surface area contributed by atoms with Crippen LogP contribution in [0.15, 0.2) is 24.3 Å². The number of carbonyl (C=O) groups excluding carboxylic acids is 2. The summed E-state index contributed by atoms with van der Waals surface area (Å²) in [7, 11) is 1.90. The van der Waals surface area contributed by atoms with Crippen LogP contribution in [-0.2, 0) is 4.79 Å². The van der Waals surface area contributed by atoms with Crippen LogP contribution in [0.2, 0.25) is 0 Å². The maximum absolute atomic E-state index is 12.9. The summed E-state index contributed by atoms with van der Waals surface area (Å²) in [6.45, 7) is 2.55. The van der Waals surface area contributed by atoms with E-state index < -0.39 is 0 Å². The lowest BCUT2D eigenvalue weighted by Crippen LogP contribution is -2.45. The largest absolute Gasteiger partial charge is 0.341 e. The van der Waals surface area contributed by atoms with Gasteiger partial charge in [0.05, 0.1) is 5.92 Å². The van der Waals surface area contributed by atoms with Gasteiger partial charge in [0, 0.05) is 38.2 Å². The monoisotopic (exact) mass is 318 g/mol. The number of rotatable bonds is 5. The molecule has 0 aromatic heterocycles. The van der Waals surface area contributed by atoms with Gasteiger partial charge in [0.2, 0.25) is 5.91 Å². The summed E-state index contributed by atoms with van der Waals surface area (Å²) in [6, 6.07) is 6.03. The molecule has 1 aromatic rings. The minimum atomic E-state index is -0.324. The minimum absolute atomic E-state index is 0.0518. The topological polar surface area (TPSA) is 40.6 Å². The Bertz CT molecular complexity index is 587. The van der Waals surface area contributed by atoms with E-state index in [0.29, 0.717) is 18.0 Å². The van der Waals surface area contributed by atoms with Crippen LogP contribution in [0.1, 0.15) is 36.0 Å². The maximum atomic E-state index is 12.9. The van der Waals surface area contributed by atoms with Crippen molar-refractivity contribution in [2.24, 2.45) is 5.92 Å². The standard InChI is InChI=1S/C18H23FN2O2/c1-20-16-9-6-14(18(20)23)11-21(12-16)10-2-3-17(22)13-4-7-15(19)8-5-13/h4-5,7-8,14,16H,2-3,6,9-12H2,1H3/t14-,16+/m1/s1. The quantitative estimate of drug-likeness (QED) is 0.783. The molecule has 0 radical (unpaired) electrons. The molecule has 1 aromatic carbocycles. The summed E-state index contributed by atoms with van der Waals surface area (Å²) >= 11 is 0. The molecule has 3 aliphatic heterocycles. The second-order valence-corrected chi connectivity index (χ2v) is 6.67. The van der Waals surface area contributed by atoms with E-state index in [9.17, 15) is 14.0 Å². The van der Waals surface area contributed by atoms with Gasteiger partial charge in [-0.15, -0.1) is 0 Å². The molecular formula is C18H23FN2O2. The molecule has 23 heavy (non-hydrogen) atoms. The average molecular weight is 318 g/mol. The molecule has 4 nitrogen and oxygen atoms in total. The van der Waals surface area contributed by atoms with Gasteiger partial charge in [-0.25, -0.2) is 4.39 Å². The highest BCUT2D eigenvalue weighted by molar-refractivity contribution is 5.95.